The number of hydrogen-bond donors (Lipinski definition) is 1. The summed E-state index contributed by atoms with van der Waals surface area (Å²) < 4.78 is 5.33. The minimum absolute atomic E-state index is 0.0232. The van der Waals surface area contributed by atoms with E-state index in [2.05, 4.69) is 10.5 Å². The molecule has 0 aliphatic carbocycles. The van der Waals surface area contributed by atoms with E-state index < -0.39 is 16.8 Å². The molecule has 1 atom stereocenters. The number of ether oxygens (including phenoxy) is 1. The number of allylic oxidation sites excluding steroid dienone is 3. The second-order valence-corrected chi connectivity index (χ2v) is 7.64. The highest BCUT2D eigenvalue weighted by Gasteiger charge is 2.35. The number of hydrogen-bond acceptors (Lipinski definition) is 7. The maximum Gasteiger partial charge on any atom is 0.336 e. The van der Waals surface area contributed by atoms with E-state index in [0.717, 1.165) is 22.4 Å². The molecule has 0 fully saturated rings. The van der Waals surface area contributed by atoms with Crippen molar-refractivity contribution in [3.05, 3.63) is 98.4 Å². The first-order valence-electron chi connectivity index (χ1n) is 10.6. The van der Waals surface area contributed by atoms with Gasteiger partial charge in [-0.3, -0.25) is 10.1 Å². The molecular formula is C25H27N3O5. The lowest BCUT2D eigenvalue weighted by Gasteiger charge is -2.31. The Morgan fingerprint density at radius 3 is 2.30 bits per heavy atom. The highest BCUT2D eigenvalue weighted by Crippen LogP contribution is 2.39. The van der Waals surface area contributed by atoms with Crippen LogP contribution >= 0.6 is 0 Å². The molecule has 1 aliphatic rings. The van der Waals surface area contributed by atoms with E-state index in [1.165, 1.54) is 12.1 Å². The molecule has 3 rings (SSSR count). The van der Waals surface area contributed by atoms with E-state index in [9.17, 15) is 14.9 Å². The predicted molar refractivity (Wildman–Crippen MR) is 125 cm³/mol. The number of carbonyl (C=O) groups excluding carboxylic acids is 1. The Morgan fingerprint density at radius 1 is 1.06 bits per heavy atom. The molecule has 0 saturated heterocycles. The number of dihydropyridines is 1. The molecule has 172 valence electrons. The second kappa shape index (κ2) is 10.6. The van der Waals surface area contributed by atoms with Crippen LogP contribution in [-0.2, 0) is 21.0 Å². The van der Waals surface area contributed by atoms with E-state index in [4.69, 9.17) is 9.57 Å². The van der Waals surface area contributed by atoms with Crippen LogP contribution in [0.5, 0.6) is 0 Å². The van der Waals surface area contributed by atoms with E-state index >= 15 is 0 Å². The number of nitro groups is 1. The molecule has 1 N–H and O–H groups in total. The average molecular weight is 450 g/mol. The van der Waals surface area contributed by atoms with Crippen LogP contribution in [0.4, 0.5) is 5.69 Å². The van der Waals surface area contributed by atoms with Gasteiger partial charge >= 0.3 is 5.97 Å². The molecule has 2 aromatic rings. The van der Waals surface area contributed by atoms with Gasteiger partial charge in [0.15, 0.2) is 0 Å². The van der Waals surface area contributed by atoms with Crippen LogP contribution in [0.25, 0.3) is 0 Å². The summed E-state index contributed by atoms with van der Waals surface area (Å²) in [4.78, 5) is 29.2. The molecule has 1 unspecified atom stereocenters. The molecule has 33 heavy (non-hydrogen) atoms. The Morgan fingerprint density at radius 2 is 1.70 bits per heavy atom. The first kappa shape index (κ1) is 23.7. The summed E-state index contributed by atoms with van der Waals surface area (Å²) in [5.74, 6) is -0.968. The van der Waals surface area contributed by atoms with Crippen molar-refractivity contribution in [2.45, 2.75) is 40.2 Å². The fourth-order valence-corrected chi connectivity index (χ4v) is 3.90. The number of nitrogens with one attached hydrogen (secondary N) is 1. The second-order valence-electron chi connectivity index (χ2n) is 7.64. The van der Waals surface area contributed by atoms with Gasteiger partial charge in [-0.05, 0) is 38.8 Å². The third-order valence-electron chi connectivity index (χ3n) is 5.36. The first-order chi connectivity index (χ1) is 15.8. The van der Waals surface area contributed by atoms with Crippen molar-refractivity contribution in [1.82, 2.24) is 5.32 Å². The van der Waals surface area contributed by atoms with E-state index in [0.29, 0.717) is 23.6 Å². The van der Waals surface area contributed by atoms with Gasteiger partial charge in [-0.1, -0.05) is 47.6 Å². The number of nitrogens with zero attached hydrogens (tertiary/aromatic N) is 2. The van der Waals surface area contributed by atoms with Crippen molar-refractivity contribution in [1.29, 1.82) is 0 Å². The zero-order chi connectivity index (χ0) is 24.0. The van der Waals surface area contributed by atoms with Crippen molar-refractivity contribution in [3.8, 4) is 0 Å². The topological polar surface area (TPSA) is 103 Å². The summed E-state index contributed by atoms with van der Waals surface area (Å²) in [5, 5.41) is 18.7. The monoisotopic (exact) mass is 449 g/mol. The molecule has 0 spiro atoms. The molecule has 0 saturated carbocycles. The molecule has 0 amide bonds. The molecule has 1 heterocycles. The lowest BCUT2D eigenvalue weighted by Crippen LogP contribution is -2.31. The Hall–Kier alpha value is -3.94. The van der Waals surface area contributed by atoms with E-state index in [1.54, 1.807) is 19.1 Å². The standard InChI is InChI=1S/C25H27N3O5/c1-5-32-25(29)23-17(3)26-16(2)22(18(4)27-33-15-19-9-7-6-8-10-19)24(23)20-11-13-21(14-12-20)28(30)31/h6-14,24,26H,5,15H2,1-4H3. The molecule has 2 aromatic carbocycles. The van der Waals surface area contributed by atoms with Crippen molar-refractivity contribution >= 4 is 17.4 Å². The quantitative estimate of drug-likeness (QED) is 0.264. The summed E-state index contributed by atoms with van der Waals surface area (Å²) >= 11 is 0. The molecule has 8 nitrogen and oxygen atoms in total. The van der Waals surface area contributed by atoms with Crippen LogP contribution in [-0.4, -0.2) is 23.2 Å². The Labute approximate surface area is 192 Å². The number of carbonyl (C=O) groups is 1. The van der Waals surface area contributed by atoms with Gasteiger partial charge in [0.05, 0.1) is 22.8 Å². The summed E-state index contributed by atoms with van der Waals surface area (Å²) in [6, 6.07) is 15.9. The van der Waals surface area contributed by atoms with Crippen molar-refractivity contribution in [3.63, 3.8) is 0 Å². The Kier molecular flexibility index (Phi) is 7.61. The predicted octanol–water partition coefficient (Wildman–Crippen LogP) is 4.99. The minimum Gasteiger partial charge on any atom is -0.463 e. The Bertz CT molecular complexity index is 1120. The average Bonchev–Trinajstić information content (AvgIpc) is 2.79. The molecule has 0 radical (unpaired) electrons. The van der Waals surface area contributed by atoms with Gasteiger partial charge in [0.1, 0.15) is 6.61 Å². The fraction of sp³-hybridized carbons (Fsp3) is 0.280. The smallest absolute Gasteiger partial charge is 0.336 e. The number of rotatable bonds is 8. The normalized spacial score (nSPS) is 16.4. The number of oxime groups is 1. The lowest BCUT2D eigenvalue weighted by atomic mass is 9.78. The van der Waals surface area contributed by atoms with Gasteiger partial charge in [-0.2, -0.15) is 0 Å². The van der Waals surface area contributed by atoms with Crippen LogP contribution in [0.1, 0.15) is 44.7 Å². The number of esters is 1. The molecule has 0 bridgehead atoms. The van der Waals surface area contributed by atoms with E-state index in [-0.39, 0.29) is 12.3 Å². The van der Waals surface area contributed by atoms with Crippen LogP contribution < -0.4 is 5.32 Å². The summed E-state index contributed by atoms with van der Waals surface area (Å²) in [6.07, 6.45) is 0. The summed E-state index contributed by atoms with van der Waals surface area (Å²) in [5.41, 5.74) is 4.94. The molecule has 0 aromatic heterocycles. The van der Waals surface area contributed by atoms with Gasteiger partial charge in [-0.25, -0.2) is 4.79 Å². The zero-order valence-electron chi connectivity index (χ0n) is 19.1. The van der Waals surface area contributed by atoms with Gasteiger partial charge in [0.2, 0.25) is 0 Å². The van der Waals surface area contributed by atoms with Crippen LogP contribution in [0, 0.1) is 10.1 Å². The maximum atomic E-state index is 12.9. The van der Waals surface area contributed by atoms with Crippen LogP contribution in [0.2, 0.25) is 0 Å². The SMILES string of the molecule is CCOC(=O)C1=C(C)NC(C)=C(C(C)=NOCc2ccccc2)C1c1ccc([N+](=O)[O-])cc1. The zero-order valence-corrected chi connectivity index (χ0v) is 19.1. The van der Waals surface area contributed by atoms with E-state index in [1.807, 2.05) is 51.1 Å². The first-order valence-corrected chi connectivity index (χ1v) is 10.6. The maximum absolute atomic E-state index is 12.9. The largest absolute Gasteiger partial charge is 0.463 e. The summed E-state index contributed by atoms with van der Waals surface area (Å²) in [7, 11) is 0. The third-order valence-corrected chi connectivity index (χ3v) is 5.36. The van der Waals surface area contributed by atoms with Crippen molar-refractivity contribution in [2.75, 3.05) is 6.61 Å². The summed E-state index contributed by atoms with van der Waals surface area (Å²) in [6.45, 7) is 7.80. The Balaban J connectivity index is 2.01. The van der Waals surface area contributed by atoms with Gasteiger partial charge < -0.3 is 14.9 Å². The lowest BCUT2D eigenvalue weighted by molar-refractivity contribution is -0.384. The van der Waals surface area contributed by atoms with Crippen molar-refractivity contribution in [2.24, 2.45) is 5.16 Å². The molecular weight excluding hydrogens is 422 g/mol. The third kappa shape index (κ3) is 5.46. The number of nitro benzene ring substituents is 1. The highest BCUT2D eigenvalue weighted by molar-refractivity contribution is 6.04. The van der Waals surface area contributed by atoms with Crippen LogP contribution in [0.3, 0.4) is 0 Å². The van der Waals surface area contributed by atoms with Crippen LogP contribution in [0.15, 0.2) is 82.3 Å². The fourth-order valence-electron chi connectivity index (χ4n) is 3.90. The molecule has 1 aliphatic heterocycles. The highest BCUT2D eigenvalue weighted by atomic mass is 16.6. The van der Waals surface area contributed by atoms with Gasteiger partial charge in [0, 0.05) is 35.0 Å². The number of benzene rings is 2. The number of non-ortho nitro benzene ring substituents is 1. The molecule has 8 heteroatoms. The van der Waals surface area contributed by atoms with Gasteiger partial charge in [-0.15, -0.1) is 0 Å². The minimum atomic E-state index is -0.518. The van der Waals surface area contributed by atoms with Crippen molar-refractivity contribution < 1.29 is 19.3 Å². The van der Waals surface area contributed by atoms with Gasteiger partial charge in [0.25, 0.3) is 5.69 Å².